The third-order valence-corrected chi connectivity index (χ3v) is 5.18. The van der Waals surface area contributed by atoms with E-state index >= 15 is 0 Å². The lowest BCUT2D eigenvalue weighted by atomic mass is 10.1. The van der Waals surface area contributed by atoms with Crippen LogP contribution in [0.1, 0.15) is 22.5 Å². The summed E-state index contributed by atoms with van der Waals surface area (Å²) < 4.78 is 0. The number of anilines is 1. The number of carbonyl (C=O) groups excluding carboxylic acids is 1. The first-order valence-corrected chi connectivity index (χ1v) is 8.50. The lowest BCUT2D eigenvalue weighted by molar-refractivity contribution is 0.0935. The van der Waals surface area contributed by atoms with Gasteiger partial charge in [0.2, 0.25) is 0 Å². The maximum absolute atomic E-state index is 12.4. The molecule has 1 amide bonds. The number of hydrogen-bond acceptors (Lipinski definition) is 4. The summed E-state index contributed by atoms with van der Waals surface area (Å²) >= 11 is 7.32. The van der Waals surface area contributed by atoms with Crippen molar-refractivity contribution in [3.8, 4) is 10.4 Å². The Labute approximate surface area is 138 Å². The molecule has 4 N–H and O–H groups in total. The first-order chi connectivity index (χ1) is 10.6. The molecule has 1 aromatic heterocycles. The highest BCUT2D eigenvalue weighted by molar-refractivity contribution is 7.18. The van der Waals surface area contributed by atoms with Crippen molar-refractivity contribution in [2.24, 2.45) is 0 Å². The van der Waals surface area contributed by atoms with E-state index in [2.05, 4.69) is 10.6 Å². The standard InChI is InChI=1S/C16H18ClN3OS/c17-11-5-3-10(4-6-11)14-8-13(18)15(22-14)16(21)20-12-2-1-7-19-9-12/h3-6,8,12,19H,1-2,7,9,18H2,(H,20,21)/t12-/m0/s1. The number of benzene rings is 1. The van der Waals surface area contributed by atoms with Gasteiger partial charge in [-0.25, -0.2) is 0 Å². The Bertz CT molecular complexity index is 663. The fourth-order valence-electron chi connectivity index (χ4n) is 2.56. The minimum atomic E-state index is -0.0867. The van der Waals surface area contributed by atoms with Gasteiger partial charge < -0.3 is 16.4 Å². The van der Waals surface area contributed by atoms with Gasteiger partial charge in [0.05, 0.1) is 5.69 Å². The molecule has 4 nitrogen and oxygen atoms in total. The molecular weight excluding hydrogens is 318 g/mol. The number of halogens is 1. The first-order valence-electron chi connectivity index (χ1n) is 7.30. The topological polar surface area (TPSA) is 67.2 Å². The van der Waals surface area contributed by atoms with Gasteiger partial charge in [0.25, 0.3) is 5.91 Å². The van der Waals surface area contributed by atoms with Crippen molar-refractivity contribution in [2.45, 2.75) is 18.9 Å². The molecule has 2 heterocycles. The number of nitrogen functional groups attached to an aromatic ring is 1. The molecule has 0 aliphatic carbocycles. The molecule has 0 radical (unpaired) electrons. The zero-order valence-corrected chi connectivity index (χ0v) is 13.6. The molecule has 6 heteroatoms. The van der Waals surface area contributed by atoms with Gasteiger partial charge in [-0.15, -0.1) is 11.3 Å². The van der Waals surface area contributed by atoms with Crippen molar-refractivity contribution < 1.29 is 4.79 Å². The molecule has 1 saturated heterocycles. The van der Waals surface area contributed by atoms with E-state index < -0.39 is 0 Å². The van der Waals surface area contributed by atoms with Crippen molar-refractivity contribution in [1.29, 1.82) is 0 Å². The Morgan fingerprint density at radius 1 is 1.36 bits per heavy atom. The number of nitrogens with two attached hydrogens (primary N) is 1. The molecule has 3 rings (SSSR count). The Kier molecular flexibility index (Phi) is 4.66. The summed E-state index contributed by atoms with van der Waals surface area (Å²) in [6, 6.07) is 9.56. The highest BCUT2D eigenvalue weighted by atomic mass is 35.5. The number of amides is 1. The minimum absolute atomic E-state index is 0.0867. The van der Waals surface area contributed by atoms with Crippen molar-refractivity contribution in [2.75, 3.05) is 18.8 Å². The largest absolute Gasteiger partial charge is 0.397 e. The van der Waals surface area contributed by atoms with E-state index in [0.717, 1.165) is 36.4 Å². The number of hydrogen-bond donors (Lipinski definition) is 3. The molecule has 1 aromatic carbocycles. The predicted molar refractivity (Wildman–Crippen MR) is 92.5 cm³/mol. The molecule has 2 aromatic rings. The van der Waals surface area contributed by atoms with Crippen LogP contribution in [0.2, 0.25) is 5.02 Å². The summed E-state index contributed by atoms with van der Waals surface area (Å²) in [5.41, 5.74) is 7.56. The highest BCUT2D eigenvalue weighted by Gasteiger charge is 2.20. The predicted octanol–water partition coefficient (Wildman–Crippen LogP) is 3.13. The molecule has 1 aliphatic heterocycles. The van der Waals surface area contributed by atoms with Gasteiger partial charge in [-0.05, 0) is 43.1 Å². The van der Waals surface area contributed by atoms with Crippen molar-refractivity contribution in [3.05, 3.63) is 40.2 Å². The average molecular weight is 336 g/mol. The summed E-state index contributed by atoms with van der Waals surface area (Å²) in [5, 5.41) is 7.04. The Hall–Kier alpha value is -1.56. The van der Waals surface area contributed by atoms with Gasteiger partial charge in [-0.2, -0.15) is 0 Å². The number of carbonyl (C=O) groups is 1. The van der Waals surface area contributed by atoms with E-state index in [0.29, 0.717) is 15.6 Å². The first kappa shape index (κ1) is 15.3. The van der Waals surface area contributed by atoms with Crippen LogP contribution in [-0.2, 0) is 0 Å². The Morgan fingerprint density at radius 2 is 2.14 bits per heavy atom. The van der Waals surface area contributed by atoms with Crippen LogP contribution in [0.5, 0.6) is 0 Å². The summed E-state index contributed by atoms with van der Waals surface area (Å²) in [6.45, 7) is 1.84. The van der Waals surface area contributed by atoms with E-state index in [4.69, 9.17) is 17.3 Å². The van der Waals surface area contributed by atoms with Gasteiger partial charge in [0.1, 0.15) is 4.88 Å². The maximum atomic E-state index is 12.4. The summed E-state index contributed by atoms with van der Waals surface area (Å²) in [5.74, 6) is -0.0867. The van der Waals surface area contributed by atoms with Crippen molar-refractivity contribution in [1.82, 2.24) is 10.6 Å². The van der Waals surface area contributed by atoms with E-state index in [1.807, 2.05) is 30.3 Å². The number of nitrogens with one attached hydrogen (secondary N) is 2. The van der Waals surface area contributed by atoms with E-state index in [1.54, 1.807) is 0 Å². The molecular formula is C16H18ClN3OS. The van der Waals surface area contributed by atoms with Crippen molar-refractivity contribution >= 4 is 34.5 Å². The molecule has 0 spiro atoms. The second kappa shape index (κ2) is 6.69. The maximum Gasteiger partial charge on any atom is 0.263 e. The normalized spacial score (nSPS) is 18.1. The molecule has 1 aliphatic rings. The fraction of sp³-hybridized carbons (Fsp3) is 0.312. The lowest BCUT2D eigenvalue weighted by Crippen LogP contribution is -2.45. The van der Waals surface area contributed by atoms with Crippen LogP contribution >= 0.6 is 22.9 Å². The van der Waals surface area contributed by atoms with Gasteiger partial charge in [-0.3, -0.25) is 4.79 Å². The third kappa shape index (κ3) is 3.43. The van der Waals surface area contributed by atoms with Crippen molar-refractivity contribution in [3.63, 3.8) is 0 Å². The molecule has 0 bridgehead atoms. The lowest BCUT2D eigenvalue weighted by Gasteiger charge is -2.23. The molecule has 0 unspecified atom stereocenters. The van der Waals surface area contributed by atoms with Crippen LogP contribution < -0.4 is 16.4 Å². The van der Waals surface area contributed by atoms with Gasteiger partial charge in [0, 0.05) is 22.5 Å². The fourth-order valence-corrected chi connectivity index (χ4v) is 3.68. The van der Waals surface area contributed by atoms with E-state index in [9.17, 15) is 4.79 Å². The monoisotopic (exact) mass is 335 g/mol. The zero-order chi connectivity index (χ0) is 15.5. The van der Waals surface area contributed by atoms with E-state index in [-0.39, 0.29) is 11.9 Å². The van der Waals surface area contributed by atoms with Crippen LogP contribution in [0.4, 0.5) is 5.69 Å². The molecule has 116 valence electrons. The summed E-state index contributed by atoms with van der Waals surface area (Å²) in [6.07, 6.45) is 2.09. The van der Waals surface area contributed by atoms with E-state index in [1.165, 1.54) is 11.3 Å². The number of piperidine rings is 1. The van der Waals surface area contributed by atoms with Gasteiger partial charge in [-0.1, -0.05) is 23.7 Å². The van der Waals surface area contributed by atoms with Crippen LogP contribution in [0.3, 0.4) is 0 Å². The summed E-state index contributed by atoms with van der Waals surface area (Å²) in [7, 11) is 0. The minimum Gasteiger partial charge on any atom is -0.397 e. The zero-order valence-electron chi connectivity index (χ0n) is 12.1. The van der Waals surface area contributed by atoms with Crippen LogP contribution in [0.25, 0.3) is 10.4 Å². The van der Waals surface area contributed by atoms with Gasteiger partial charge in [0.15, 0.2) is 0 Å². The average Bonchev–Trinajstić information content (AvgIpc) is 2.91. The Balaban J connectivity index is 1.76. The Morgan fingerprint density at radius 3 is 2.82 bits per heavy atom. The number of rotatable bonds is 3. The highest BCUT2D eigenvalue weighted by Crippen LogP contribution is 2.33. The molecule has 0 saturated carbocycles. The molecule has 1 fully saturated rings. The molecule has 22 heavy (non-hydrogen) atoms. The summed E-state index contributed by atoms with van der Waals surface area (Å²) in [4.78, 5) is 14.0. The third-order valence-electron chi connectivity index (χ3n) is 3.73. The SMILES string of the molecule is Nc1cc(-c2ccc(Cl)cc2)sc1C(=O)N[C@H]1CCCNC1. The van der Waals surface area contributed by atoms with Crippen LogP contribution in [0.15, 0.2) is 30.3 Å². The van der Waals surface area contributed by atoms with Gasteiger partial charge >= 0.3 is 0 Å². The number of thiophene rings is 1. The van der Waals surface area contributed by atoms with Crippen LogP contribution in [0, 0.1) is 0 Å². The van der Waals surface area contributed by atoms with Crippen LogP contribution in [-0.4, -0.2) is 25.0 Å². The second-order valence-corrected chi connectivity index (χ2v) is 6.91. The molecule has 1 atom stereocenters. The smallest absolute Gasteiger partial charge is 0.263 e. The quantitative estimate of drug-likeness (QED) is 0.807. The second-order valence-electron chi connectivity index (χ2n) is 5.42.